The van der Waals surface area contributed by atoms with Gasteiger partial charge in [-0.05, 0) is 13.0 Å². The van der Waals surface area contributed by atoms with Gasteiger partial charge >= 0.3 is 6.61 Å². The summed E-state index contributed by atoms with van der Waals surface area (Å²) in [6, 6.07) is 1.77. The Kier molecular flexibility index (Phi) is 3.57. The summed E-state index contributed by atoms with van der Waals surface area (Å²) < 4.78 is 40.9. The summed E-state index contributed by atoms with van der Waals surface area (Å²) in [6.07, 6.45) is 0. The molecule has 0 aromatic heterocycles. The second-order valence-corrected chi connectivity index (χ2v) is 3.11. The molecule has 0 amide bonds. The minimum Gasteiger partial charge on any atom is -0.435 e. The third-order valence-electron chi connectivity index (χ3n) is 1.61. The third kappa shape index (κ3) is 2.86. The molecule has 15 heavy (non-hydrogen) atoms. The van der Waals surface area contributed by atoms with Gasteiger partial charge < -0.3 is 4.74 Å². The van der Waals surface area contributed by atoms with Crippen LogP contribution in [0.1, 0.15) is 17.3 Å². The standard InChI is InChI=1S/C9H6ClF3O2/c1-4(14)6-2-5(15-9(12)13)3-7(10)8(6)11/h2-3,9H,1H3. The van der Waals surface area contributed by atoms with Crippen molar-refractivity contribution in [2.45, 2.75) is 13.5 Å². The number of Topliss-reactive ketones (excluding diaryl/α,β-unsaturated/α-hetero) is 1. The fourth-order valence-electron chi connectivity index (χ4n) is 0.991. The van der Waals surface area contributed by atoms with Crippen LogP contribution in [0.25, 0.3) is 0 Å². The second kappa shape index (κ2) is 4.53. The van der Waals surface area contributed by atoms with E-state index < -0.39 is 23.2 Å². The number of carbonyl (C=O) groups is 1. The van der Waals surface area contributed by atoms with Crippen LogP contribution in [-0.2, 0) is 0 Å². The highest BCUT2D eigenvalue weighted by Gasteiger charge is 2.15. The third-order valence-corrected chi connectivity index (χ3v) is 1.88. The molecule has 2 nitrogen and oxygen atoms in total. The molecule has 0 aliphatic heterocycles. The summed E-state index contributed by atoms with van der Waals surface area (Å²) in [4.78, 5) is 10.9. The Balaban J connectivity index is 3.17. The predicted octanol–water partition coefficient (Wildman–Crippen LogP) is 3.28. The number of rotatable bonds is 3. The van der Waals surface area contributed by atoms with Gasteiger partial charge in [0.1, 0.15) is 5.75 Å². The van der Waals surface area contributed by atoms with E-state index in [9.17, 15) is 18.0 Å². The first kappa shape index (κ1) is 11.8. The Morgan fingerprint density at radius 2 is 2.07 bits per heavy atom. The molecule has 0 aliphatic carbocycles. The van der Waals surface area contributed by atoms with E-state index in [4.69, 9.17) is 11.6 Å². The van der Waals surface area contributed by atoms with Gasteiger partial charge in [0.25, 0.3) is 0 Å². The quantitative estimate of drug-likeness (QED) is 0.756. The van der Waals surface area contributed by atoms with Gasteiger partial charge in [-0.2, -0.15) is 8.78 Å². The molecule has 0 saturated carbocycles. The zero-order chi connectivity index (χ0) is 11.6. The monoisotopic (exact) mass is 238 g/mol. The van der Waals surface area contributed by atoms with Crippen molar-refractivity contribution in [1.29, 1.82) is 0 Å². The molecule has 0 saturated heterocycles. The lowest BCUT2D eigenvalue weighted by atomic mass is 10.1. The van der Waals surface area contributed by atoms with Crippen LogP contribution in [0.15, 0.2) is 12.1 Å². The largest absolute Gasteiger partial charge is 0.435 e. The Hall–Kier alpha value is -1.23. The molecule has 1 aromatic carbocycles. The lowest BCUT2D eigenvalue weighted by molar-refractivity contribution is -0.0499. The van der Waals surface area contributed by atoms with Crippen LogP contribution >= 0.6 is 11.6 Å². The second-order valence-electron chi connectivity index (χ2n) is 2.70. The maximum absolute atomic E-state index is 13.2. The van der Waals surface area contributed by atoms with Crippen molar-refractivity contribution in [3.8, 4) is 5.75 Å². The molecule has 0 N–H and O–H groups in total. The number of carbonyl (C=O) groups excluding carboxylic acids is 1. The molecular formula is C9H6ClF3O2. The Morgan fingerprint density at radius 3 is 2.53 bits per heavy atom. The van der Waals surface area contributed by atoms with Gasteiger partial charge in [-0.25, -0.2) is 4.39 Å². The maximum Gasteiger partial charge on any atom is 0.387 e. The van der Waals surface area contributed by atoms with Crippen LogP contribution < -0.4 is 4.74 Å². The van der Waals surface area contributed by atoms with E-state index in [1.165, 1.54) is 0 Å². The molecule has 0 unspecified atom stereocenters. The van der Waals surface area contributed by atoms with Crippen LogP contribution in [0, 0.1) is 5.82 Å². The smallest absolute Gasteiger partial charge is 0.387 e. The van der Waals surface area contributed by atoms with Gasteiger partial charge in [-0.15, -0.1) is 0 Å². The Morgan fingerprint density at radius 1 is 1.47 bits per heavy atom. The van der Waals surface area contributed by atoms with Crippen LogP contribution in [0.4, 0.5) is 13.2 Å². The van der Waals surface area contributed by atoms with Gasteiger partial charge in [0.15, 0.2) is 11.6 Å². The molecule has 6 heteroatoms. The minimum absolute atomic E-state index is 0.346. The number of alkyl halides is 2. The van der Waals surface area contributed by atoms with E-state index >= 15 is 0 Å². The number of benzene rings is 1. The molecule has 0 spiro atoms. The van der Waals surface area contributed by atoms with Gasteiger partial charge in [0.05, 0.1) is 10.6 Å². The van der Waals surface area contributed by atoms with Crippen LogP contribution in [0.5, 0.6) is 5.75 Å². The van der Waals surface area contributed by atoms with Crippen LogP contribution in [-0.4, -0.2) is 12.4 Å². The molecule has 0 fully saturated rings. The highest BCUT2D eigenvalue weighted by Crippen LogP contribution is 2.26. The zero-order valence-corrected chi connectivity index (χ0v) is 8.32. The van der Waals surface area contributed by atoms with Crippen LogP contribution in [0.3, 0.4) is 0 Å². The molecule has 0 bridgehead atoms. The molecular weight excluding hydrogens is 233 g/mol. The fraction of sp³-hybridized carbons (Fsp3) is 0.222. The zero-order valence-electron chi connectivity index (χ0n) is 7.56. The SMILES string of the molecule is CC(=O)c1cc(OC(F)F)cc(Cl)c1F. The Labute approximate surface area is 88.6 Å². The summed E-state index contributed by atoms with van der Waals surface area (Å²) in [5.74, 6) is -1.90. The first-order valence-electron chi connectivity index (χ1n) is 3.86. The summed E-state index contributed by atoms with van der Waals surface area (Å²) in [6.45, 7) is -1.95. The van der Waals surface area contributed by atoms with E-state index in [1.807, 2.05) is 0 Å². The van der Waals surface area contributed by atoms with Gasteiger partial charge in [0.2, 0.25) is 0 Å². The number of hydrogen-bond donors (Lipinski definition) is 0. The molecule has 0 aliphatic rings. The predicted molar refractivity (Wildman–Crippen MR) is 48.0 cm³/mol. The molecule has 0 radical (unpaired) electrons. The van der Waals surface area contributed by atoms with Gasteiger partial charge in [-0.1, -0.05) is 11.6 Å². The maximum atomic E-state index is 13.2. The van der Waals surface area contributed by atoms with Crippen molar-refractivity contribution in [3.05, 3.63) is 28.5 Å². The summed E-state index contributed by atoms with van der Waals surface area (Å²) in [7, 11) is 0. The topological polar surface area (TPSA) is 26.3 Å². The highest BCUT2D eigenvalue weighted by atomic mass is 35.5. The van der Waals surface area contributed by atoms with Crippen LogP contribution in [0.2, 0.25) is 5.02 Å². The van der Waals surface area contributed by atoms with E-state index in [0.717, 1.165) is 19.1 Å². The van der Waals surface area contributed by atoms with Gasteiger partial charge in [0, 0.05) is 6.07 Å². The van der Waals surface area contributed by atoms with Crippen molar-refractivity contribution in [2.75, 3.05) is 0 Å². The van der Waals surface area contributed by atoms with Crippen molar-refractivity contribution in [1.82, 2.24) is 0 Å². The number of halogens is 4. The van der Waals surface area contributed by atoms with E-state index in [1.54, 1.807) is 0 Å². The highest BCUT2D eigenvalue weighted by molar-refractivity contribution is 6.31. The molecule has 0 heterocycles. The van der Waals surface area contributed by atoms with Crippen molar-refractivity contribution in [3.63, 3.8) is 0 Å². The lowest BCUT2D eigenvalue weighted by Crippen LogP contribution is -2.05. The fourth-order valence-corrected chi connectivity index (χ4v) is 1.20. The Bertz CT molecular complexity index is 393. The van der Waals surface area contributed by atoms with Crippen molar-refractivity contribution >= 4 is 17.4 Å². The molecule has 82 valence electrons. The minimum atomic E-state index is -3.05. The van der Waals surface area contributed by atoms with Gasteiger partial charge in [-0.3, -0.25) is 4.79 Å². The van der Waals surface area contributed by atoms with Crippen molar-refractivity contribution in [2.24, 2.45) is 0 Å². The molecule has 0 atom stereocenters. The van der Waals surface area contributed by atoms with E-state index in [2.05, 4.69) is 4.74 Å². The average Bonchev–Trinajstić information content (AvgIpc) is 2.09. The average molecular weight is 239 g/mol. The summed E-state index contributed by atoms with van der Waals surface area (Å²) >= 11 is 5.39. The van der Waals surface area contributed by atoms with E-state index in [0.29, 0.717) is 0 Å². The first-order chi connectivity index (χ1) is 6.91. The summed E-state index contributed by atoms with van der Waals surface area (Å²) in [5.41, 5.74) is -0.377. The molecule has 1 aromatic rings. The number of hydrogen-bond acceptors (Lipinski definition) is 2. The number of ketones is 1. The normalized spacial score (nSPS) is 10.5. The first-order valence-corrected chi connectivity index (χ1v) is 4.24. The lowest BCUT2D eigenvalue weighted by Gasteiger charge is -2.07. The summed E-state index contributed by atoms with van der Waals surface area (Å²) in [5, 5.41) is -0.432. The van der Waals surface area contributed by atoms with Crippen molar-refractivity contribution < 1.29 is 22.7 Å². The van der Waals surface area contributed by atoms with E-state index in [-0.39, 0.29) is 11.3 Å². The molecule has 1 rings (SSSR count). The number of ether oxygens (including phenoxy) is 1.